The predicted octanol–water partition coefficient (Wildman–Crippen LogP) is 3.65. The van der Waals surface area contributed by atoms with Gasteiger partial charge in [-0.1, -0.05) is 11.6 Å². The van der Waals surface area contributed by atoms with E-state index >= 15 is 0 Å². The van der Waals surface area contributed by atoms with Gasteiger partial charge in [0.15, 0.2) is 0 Å². The summed E-state index contributed by atoms with van der Waals surface area (Å²) in [6, 6.07) is 6.40. The van der Waals surface area contributed by atoms with Gasteiger partial charge in [0.1, 0.15) is 5.15 Å². The molecule has 6 nitrogen and oxygen atoms in total. The lowest BCUT2D eigenvalue weighted by Gasteiger charge is -2.34. The summed E-state index contributed by atoms with van der Waals surface area (Å²) in [5, 5.41) is 14.3. The summed E-state index contributed by atoms with van der Waals surface area (Å²) in [7, 11) is 2.16. The van der Waals surface area contributed by atoms with Gasteiger partial charge in [0.05, 0.1) is 23.2 Å². The van der Waals surface area contributed by atoms with Gasteiger partial charge < -0.3 is 20.2 Å². The van der Waals surface area contributed by atoms with E-state index in [1.54, 1.807) is 6.20 Å². The Kier molecular flexibility index (Phi) is 5.95. The maximum atomic E-state index is 10.2. The molecule has 2 fully saturated rings. The van der Waals surface area contributed by atoms with Gasteiger partial charge in [0.2, 0.25) is 0 Å². The van der Waals surface area contributed by atoms with Gasteiger partial charge in [-0.2, -0.15) is 0 Å². The summed E-state index contributed by atoms with van der Waals surface area (Å²) in [5.41, 5.74) is 3.41. The van der Waals surface area contributed by atoms with E-state index in [-0.39, 0.29) is 0 Å². The van der Waals surface area contributed by atoms with Crippen LogP contribution in [0.5, 0.6) is 0 Å². The Labute approximate surface area is 177 Å². The minimum atomic E-state index is -0.544. The van der Waals surface area contributed by atoms with Crippen molar-refractivity contribution in [3.8, 4) is 11.3 Å². The van der Waals surface area contributed by atoms with Crippen LogP contribution in [0.3, 0.4) is 0 Å². The number of nitrogens with one attached hydrogen (secondary N) is 1. The van der Waals surface area contributed by atoms with Crippen LogP contribution >= 0.6 is 11.6 Å². The fourth-order valence-corrected chi connectivity index (χ4v) is 4.31. The number of rotatable bonds is 4. The Balaban J connectivity index is 1.51. The van der Waals surface area contributed by atoms with Crippen LogP contribution in [-0.4, -0.2) is 64.8 Å². The molecule has 7 heteroatoms. The zero-order chi connectivity index (χ0) is 20.4. The summed E-state index contributed by atoms with van der Waals surface area (Å²) < 4.78 is 0. The molecule has 0 unspecified atom stereocenters. The third-order valence-corrected chi connectivity index (χ3v) is 6.39. The highest BCUT2D eigenvalue weighted by Crippen LogP contribution is 2.34. The smallest absolute Gasteiger partial charge is 0.131 e. The molecule has 0 bridgehead atoms. The number of piperazine rings is 1. The maximum absolute atomic E-state index is 10.2. The first-order valence-corrected chi connectivity index (χ1v) is 10.8. The van der Waals surface area contributed by atoms with Crippen molar-refractivity contribution in [2.45, 2.75) is 44.2 Å². The van der Waals surface area contributed by atoms with Crippen molar-refractivity contribution < 1.29 is 5.11 Å². The van der Waals surface area contributed by atoms with Gasteiger partial charge in [0.25, 0.3) is 0 Å². The number of hydrogen-bond acceptors (Lipinski definition) is 6. The van der Waals surface area contributed by atoms with Gasteiger partial charge in [-0.3, -0.25) is 4.98 Å². The molecule has 1 saturated heterocycles. The fraction of sp³-hybridized carbons (Fsp3) is 0.545. The second-order valence-electron chi connectivity index (χ2n) is 8.66. The van der Waals surface area contributed by atoms with Crippen LogP contribution in [0.25, 0.3) is 11.3 Å². The zero-order valence-corrected chi connectivity index (χ0v) is 18.0. The van der Waals surface area contributed by atoms with Crippen molar-refractivity contribution in [2.75, 3.05) is 43.4 Å². The molecule has 0 spiro atoms. The van der Waals surface area contributed by atoms with Crippen LogP contribution in [0.1, 0.15) is 32.6 Å². The SMILES string of the molecule is CN1CCN(c2ccc(-c3cnc(Cl)cc3NC3CCC(C)(O)CC3)nc2)CC1. The van der Waals surface area contributed by atoms with E-state index in [9.17, 15) is 5.11 Å². The normalized spacial score (nSPS) is 25.8. The molecule has 2 N–H and O–H groups in total. The van der Waals surface area contributed by atoms with E-state index in [1.807, 2.05) is 19.2 Å². The Bertz CT molecular complexity index is 824. The number of aliphatic hydroxyl groups is 1. The summed E-state index contributed by atoms with van der Waals surface area (Å²) in [6.07, 6.45) is 7.22. The van der Waals surface area contributed by atoms with Crippen molar-refractivity contribution in [2.24, 2.45) is 0 Å². The number of aromatic nitrogens is 2. The lowest BCUT2D eigenvalue weighted by molar-refractivity contribution is 0.0196. The van der Waals surface area contributed by atoms with Crippen LogP contribution in [0.15, 0.2) is 30.6 Å². The third kappa shape index (κ3) is 5.00. The number of likely N-dealkylation sites (N-methyl/N-ethyl adjacent to an activating group) is 1. The van der Waals surface area contributed by atoms with Crippen molar-refractivity contribution >= 4 is 23.0 Å². The largest absolute Gasteiger partial charge is 0.390 e. The van der Waals surface area contributed by atoms with Crippen LogP contribution in [0.2, 0.25) is 5.15 Å². The number of anilines is 2. The van der Waals surface area contributed by atoms with Crippen molar-refractivity contribution in [1.82, 2.24) is 14.9 Å². The van der Waals surface area contributed by atoms with Crippen molar-refractivity contribution in [1.29, 1.82) is 0 Å². The Morgan fingerprint density at radius 3 is 2.48 bits per heavy atom. The molecule has 1 aliphatic heterocycles. The van der Waals surface area contributed by atoms with Gasteiger partial charge in [-0.15, -0.1) is 0 Å². The van der Waals surface area contributed by atoms with Gasteiger partial charge in [-0.05, 0) is 57.9 Å². The average Bonchev–Trinajstić information content (AvgIpc) is 2.71. The topological polar surface area (TPSA) is 64.5 Å². The molecule has 4 rings (SSSR count). The molecule has 1 aliphatic carbocycles. The lowest BCUT2D eigenvalue weighted by atomic mass is 9.83. The molecule has 2 aromatic rings. The molecule has 156 valence electrons. The zero-order valence-electron chi connectivity index (χ0n) is 17.2. The molecule has 1 saturated carbocycles. The first-order valence-electron chi connectivity index (χ1n) is 10.4. The summed E-state index contributed by atoms with van der Waals surface area (Å²) in [5.74, 6) is 0. The highest BCUT2D eigenvalue weighted by Gasteiger charge is 2.29. The van der Waals surface area contributed by atoms with Crippen LogP contribution in [0, 0.1) is 0 Å². The second-order valence-corrected chi connectivity index (χ2v) is 9.05. The number of nitrogens with zero attached hydrogens (tertiary/aromatic N) is 4. The van der Waals surface area contributed by atoms with Crippen LogP contribution in [0.4, 0.5) is 11.4 Å². The number of pyridine rings is 2. The van der Waals surface area contributed by atoms with Crippen LogP contribution in [-0.2, 0) is 0 Å². The molecule has 0 aromatic carbocycles. The minimum Gasteiger partial charge on any atom is -0.390 e. The Morgan fingerprint density at radius 1 is 1.10 bits per heavy atom. The molecular formula is C22H30ClN5O. The first-order chi connectivity index (χ1) is 13.9. The highest BCUT2D eigenvalue weighted by molar-refractivity contribution is 6.29. The molecule has 0 radical (unpaired) electrons. The predicted molar refractivity (Wildman–Crippen MR) is 119 cm³/mol. The van der Waals surface area contributed by atoms with Crippen molar-refractivity contribution in [3.05, 3.63) is 35.7 Å². The second kappa shape index (κ2) is 8.46. The fourth-order valence-electron chi connectivity index (χ4n) is 4.15. The average molecular weight is 416 g/mol. The Morgan fingerprint density at radius 2 is 1.83 bits per heavy atom. The first kappa shape index (κ1) is 20.4. The highest BCUT2D eigenvalue weighted by atomic mass is 35.5. The summed E-state index contributed by atoms with van der Waals surface area (Å²) in [6.45, 7) is 6.12. The van der Waals surface area contributed by atoms with Crippen LogP contribution < -0.4 is 10.2 Å². The standard InChI is InChI=1S/C22H30ClN5O/c1-22(29)7-5-16(6-8-22)26-20-13-21(23)25-15-18(20)19-4-3-17(14-24-19)28-11-9-27(2)10-12-28/h3-4,13-16,29H,5-12H2,1-2H3,(H,25,26). The van der Waals surface area contributed by atoms with E-state index in [4.69, 9.17) is 16.6 Å². The Hall–Kier alpha value is -1.89. The molecule has 0 atom stereocenters. The van der Waals surface area contributed by atoms with Crippen molar-refractivity contribution in [3.63, 3.8) is 0 Å². The number of hydrogen-bond donors (Lipinski definition) is 2. The quantitative estimate of drug-likeness (QED) is 0.743. The summed E-state index contributed by atoms with van der Waals surface area (Å²) >= 11 is 6.18. The molecule has 3 heterocycles. The molecule has 2 aliphatic rings. The maximum Gasteiger partial charge on any atom is 0.131 e. The van der Waals surface area contributed by atoms with Gasteiger partial charge in [0, 0.05) is 49.7 Å². The minimum absolute atomic E-state index is 0.317. The van der Waals surface area contributed by atoms with E-state index < -0.39 is 5.60 Å². The molecule has 2 aromatic heterocycles. The summed E-state index contributed by atoms with van der Waals surface area (Å²) in [4.78, 5) is 13.7. The third-order valence-electron chi connectivity index (χ3n) is 6.19. The monoisotopic (exact) mass is 415 g/mol. The molecule has 0 amide bonds. The lowest BCUT2D eigenvalue weighted by Crippen LogP contribution is -2.44. The number of halogens is 1. The van der Waals surface area contributed by atoms with E-state index in [1.165, 1.54) is 0 Å². The molecule has 29 heavy (non-hydrogen) atoms. The van der Waals surface area contributed by atoms with E-state index in [0.717, 1.165) is 74.5 Å². The van der Waals surface area contributed by atoms with E-state index in [0.29, 0.717) is 11.2 Å². The molecular weight excluding hydrogens is 386 g/mol. The van der Waals surface area contributed by atoms with E-state index in [2.05, 4.69) is 39.3 Å². The van der Waals surface area contributed by atoms with Gasteiger partial charge >= 0.3 is 0 Å². The van der Waals surface area contributed by atoms with Gasteiger partial charge in [-0.25, -0.2) is 4.98 Å².